The fourth-order valence-electron chi connectivity index (χ4n) is 2.25. The Kier molecular flexibility index (Phi) is 4.02. The summed E-state index contributed by atoms with van der Waals surface area (Å²) in [5.41, 5.74) is 7.16. The van der Waals surface area contributed by atoms with Crippen molar-refractivity contribution in [1.82, 2.24) is 4.90 Å². The molecular weight excluding hydrogens is 212 g/mol. The second kappa shape index (κ2) is 5.52. The van der Waals surface area contributed by atoms with Crippen LogP contribution in [0.25, 0.3) is 0 Å². The van der Waals surface area contributed by atoms with Gasteiger partial charge in [-0.15, -0.1) is 0 Å². The van der Waals surface area contributed by atoms with E-state index in [9.17, 15) is 0 Å². The van der Waals surface area contributed by atoms with E-state index in [1.54, 1.807) is 7.11 Å². The zero-order chi connectivity index (χ0) is 12.3. The molecule has 1 aliphatic rings. The van der Waals surface area contributed by atoms with Crippen molar-refractivity contribution in [2.45, 2.75) is 18.9 Å². The third kappa shape index (κ3) is 3.20. The van der Waals surface area contributed by atoms with Crippen molar-refractivity contribution in [2.24, 2.45) is 11.7 Å². The molecule has 94 valence electrons. The zero-order valence-corrected chi connectivity index (χ0v) is 10.7. The van der Waals surface area contributed by atoms with Gasteiger partial charge in [-0.25, -0.2) is 0 Å². The largest absolute Gasteiger partial charge is 0.497 e. The van der Waals surface area contributed by atoms with Crippen molar-refractivity contribution < 1.29 is 4.74 Å². The third-order valence-corrected chi connectivity index (χ3v) is 3.48. The molecule has 1 atom stereocenters. The zero-order valence-electron chi connectivity index (χ0n) is 10.7. The molecule has 0 amide bonds. The van der Waals surface area contributed by atoms with Crippen LogP contribution in [0.3, 0.4) is 0 Å². The number of likely N-dealkylation sites (N-methyl/N-ethyl adjacent to an activating group) is 1. The second-order valence-electron chi connectivity index (χ2n) is 4.91. The van der Waals surface area contributed by atoms with Crippen LogP contribution in [-0.4, -0.2) is 32.1 Å². The first kappa shape index (κ1) is 12.4. The number of rotatable bonds is 6. The Morgan fingerprint density at radius 2 is 2.24 bits per heavy atom. The normalized spacial score (nSPS) is 17.2. The average molecular weight is 234 g/mol. The van der Waals surface area contributed by atoms with Crippen molar-refractivity contribution in [3.63, 3.8) is 0 Å². The molecule has 0 aromatic heterocycles. The maximum absolute atomic E-state index is 5.91. The highest BCUT2D eigenvalue weighted by molar-refractivity contribution is 5.30. The molecule has 2 rings (SSSR count). The van der Waals surface area contributed by atoms with Gasteiger partial charge in [0.1, 0.15) is 5.75 Å². The summed E-state index contributed by atoms with van der Waals surface area (Å²) in [5.74, 6) is 1.79. The topological polar surface area (TPSA) is 38.5 Å². The molecule has 1 aromatic carbocycles. The van der Waals surface area contributed by atoms with Gasteiger partial charge >= 0.3 is 0 Å². The van der Waals surface area contributed by atoms with E-state index in [-0.39, 0.29) is 0 Å². The van der Waals surface area contributed by atoms with Gasteiger partial charge in [-0.2, -0.15) is 0 Å². The van der Waals surface area contributed by atoms with Crippen molar-refractivity contribution in [3.05, 3.63) is 29.8 Å². The molecule has 1 saturated carbocycles. The highest BCUT2D eigenvalue weighted by atomic mass is 16.5. The van der Waals surface area contributed by atoms with Crippen LogP contribution in [0.4, 0.5) is 0 Å². The Balaban J connectivity index is 2.08. The van der Waals surface area contributed by atoms with Crippen molar-refractivity contribution in [3.8, 4) is 5.75 Å². The Morgan fingerprint density at radius 1 is 1.47 bits per heavy atom. The van der Waals surface area contributed by atoms with Crippen LogP contribution in [-0.2, 0) is 0 Å². The molecule has 1 fully saturated rings. The van der Waals surface area contributed by atoms with Gasteiger partial charge in [0.25, 0.3) is 0 Å². The summed E-state index contributed by atoms with van der Waals surface area (Å²) in [6, 6.07) is 8.51. The standard InChI is InChI=1S/C14H22N2O/c1-16(10-11-6-7-11)14(9-15)12-4-3-5-13(8-12)17-2/h3-5,8,11,14H,6-7,9-10,15H2,1-2H3. The smallest absolute Gasteiger partial charge is 0.119 e. The van der Waals surface area contributed by atoms with Gasteiger partial charge in [-0.1, -0.05) is 12.1 Å². The van der Waals surface area contributed by atoms with E-state index in [4.69, 9.17) is 10.5 Å². The molecular formula is C14H22N2O. The SMILES string of the molecule is COc1cccc(C(CN)N(C)CC2CC2)c1. The number of benzene rings is 1. The third-order valence-electron chi connectivity index (χ3n) is 3.48. The van der Waals surface area contributed by atoms with Gasteiger partial charge < -0.3 is 10.5 Å². The minimum Gasteiger partial charge on any atom is -0.497 e. The van der Waals surface area contributed by atoms with E-state index in [2.05, 4.69) is 24.1 Å². The highest BCUT2D eigenvalue weighted by Crippen LogP contribution is 2.32. The maximum atomic E-state index is 5.91. The van der Waals surface area contributed by atoms with Crippen molar-refractivity contribution in [1.29, 1.82) is 0 Å². The van der Waals surface area contributed by atoms with E-state index in [1.807, 2.05) is 12.1 Å². The van der Waals surface area contributed by atoms with E-state index in [1.165, 1.54) is 18.4 Å². The minimum atomic E-state index is 0.297. The molecule has 3 heteroatoms. The lowest BCUT2D eigenvalue weighted by Crippen LogP contribution is -2.32. The second-order valence-corrected chi connectivity index (χ2v) is 4.91. The fraction of sp³-hybridized carbons (Fsp3) is 0.571. The number of hydrogen-bond acceptors (Lipinski definition) is 3. The van der Waals surface area contributed by atoms with Crippen LogP contribution in [0.2, 0.25) is 0 Å². The number of nitrogens with two attached hydrogens (primary N) is 1. The molecule has 0 saturated heterocycles. The summed E-state index contributed by atoms with van der Waals surface area (Å²) in [5, 5.41) is 0. The molecule has 0 heterocycles. The molecule has 1 unspecified atom stereocenters. The van der Waals surface area contributed by atoms with E-state index >= 15 is 0 Å². The number of hydrogen-bond donors (Lipinski definition) is 1. The number of methoxy groups -OCH3 is 1. The van der Waals surface area contributed by atoms with Crippen LogP contribution in [0.15, 0.2) is 24.3 Å². The lowest BCUT2D eigenvalue weighted by Gasteiger charge is -2.27. The fourth-order valence-corrected chi connectivity index (χ4v) is 2.25. The molecule has 0 radical (unpaired) electrons. The Bertz CT molecular complexity index is 363. The first-order valence-corrected chi connectivity index (χ1v) is 6.29. The molecule has 0 aliphatic heterocycles. The van der Waals surface area contributed by atoms with Gasteiger partial charge in [-0.05, 0) is 43.5 Å². The summed E-state index contributed by atoms with van der Waals surface area (Å²) in [4.78, 5) is 2.37. The molecule has 0 spiro atoms. The van der Waals surface area contributed by atoms with Gasteiger partial charge in [0, 0.05) is 19.1 Å². The molecule has 2 N–H and O–H groups in total. The van der Waals surface area contributed by atoms with E-state index in [0.717, 1.165) is 18.2 Å². The van der Waals surface area contributed by atoms with E-state index < -0.39 is 0 Å². The van der Waals surface area contributed by atoms with E-state index in [0.29, 0.717) is 12.6 Å². The summed E-state index contributed by atoms with van der Waals surface area (Å²) in [7, 11) is 3.86. The first-order chi connectivity index (χ1) is 8.24. The average Bonchev–Trinajstić information content (AvgIpc) is 3.14. The molecule has 0 bridgehead atoms. The quantitative estimate of drug-likeness (QED) is 0.818. The predicted octanol–water partition coefficient (Wildman–Crippen LogP) is 2.04. The van der Waals surface area contributed by atoms with Gasteiger partial charge in [0.15, 0.2) is 0 Å². The Hall–Kier alpha value is -1.06. The predicted molar refractivity (Wildman–Crippen MR) is 70.1 cm³/mol. The molecule has 3 nitrogen and oxygen atoms in total. The number of nitrogens with zero attached hydrogens (tertiary/aromatic N) is 1. The summed E-state index contributed by atoms with van der Waals surface area (Å²) in [6.07, 6.45) is 2.75. The maximum Gasteiger partial charge on any atom is 0.119 e. The first-order valence-electron chi connectivity index (χ1n) is 6.29. The van der Waals surface area contributed by atoms with Gasteiger partial charge in [0.2, 0.25) is 0 Å². The molecule has 1 aromatic rings. The van der Waals surface area contributed by atoms with Crippen LogP contribution in [0.5, 0.6) is 5.75 Å². The Morgan fingerprint density at radius 3 is 2.82 bits per heavy atom. The van der Waals surface area contributed by atoms with Crippen LogP contribution in [0, 0.1) is 5.92 Å². The highest BCUT2D eigenvalue weighted by Gasteiger charge is 2.26. The Labute approximate surface area is 104 Å². The number of ether oxygens (including phenoxy) is 1. The van der Waals surface area contributed by atoms with Gasteiger partial charge in [0.05, 0.1) is 7.11 Å². The van der Waals surface area contributed by atoms with Crippen molar-refractivity contribution >= 4 is 0 Å². The summed E-state index contributed by atoms with van der Waals surface area (Å²) in [6.45, 7) is 1.80. The van der Waals surface area contributed by atoms with Crippen molar-refractivity contribution in [2.75, 3.05) is 27.2 Å². The molecule has 1 aliphatic carbocycles. The lowest BCUT2D eigenvalue weighted by atomic mass is 10.1. The summed E-state index contributed by atoms with van der Waals surface area (Å²) >= 11 is 0. The monoisotopic (exact) mass is 234 g/mol. The minimum absolute atomic E-state index is 0.297. The van der Waals surface area contributed by atoms with Gasteiger partial charge in [-0.3, -0.25) is 4.90 Å². The van der Waals surface area contributed by atoms with Crippen LogP contribution >= 0.6 is 0 Å². The lowest BCUT2D eigenvalue weighted by molar-refractivity contribution is 0.240. The van der Waals surface area contributed by atoms with Crippen LogP contribution < -0.4 is 10.5 Å². The summed E-state index contributed by atoms with van der Waals surface area (Å²) < 4.78 is 5.26. The molecule has 17 heavy (non-hydrogen) atoms. The van der Waals surface area contributed by atoms with Crippen LogP contribution in [0.1, 0.15) is 24.4 Å².